The van der Waals surface area contributed by atoms with Crippen molar-refractivity contribution >= 4 is 11.3 Å². The van der Waals surface area contributed by atoms with Crippen LogP contribution in [-0.2, 0) is 11.2 Å². The molecule has 108 valence electrons. The monoisotopic (exact) mass is 290 g/mol. The standard InChI is InChI=1S/C16H22N2OS/c1-11-5-4-6-14(9-11)16(12(2)17)19-8-7-15-13(3)18-10-20-15/h4-6,9-10,12,16H,7-8,17H2,1-3H3. The molecule has 4 heteroatoms. The summed E-state index contributed by atoms with van der Waals surface area (Å²) >= 11 is 1.69. The van der Waals surface area contributed by atoms with Crippen molar-refractivity contribution in [2.24, 2.45) is 5.73 Å². The number of aryl methyl sites for hydroxylation is 2. The molecule has 0 amide bonds. The van der Waals surface area contributed by atoms with E-state index < -0.39 is 0 Å². The average Bonchev–Trinajstić information content (AvgIpc) is 2.80. The predicted molar refractivity (Wildman–Crippen MR) is 84.1 cm³/mol. The van der Waals surface area contributed by atoms with Gasteiger partial charge in [-0.1, -0.05) is 29.8 Å². The second-order valence-electron chi connectivity index (χ2n) is 5.18. The van der Waals surface area contributed by atoms with Gasteiger partial charge in [-0.3, -0.25) is 0 Å². The third-order valence-electron chi connectivity index (χ3n) is 3.32. The Morgan fingerprint density at radius 3 is 2.75 bits per heavy atom. The summed E-state index contributed by atoms with van der Waals surface area (Å²) in [4.78, 5) is 5.55. The van der Waals surface area contributed by atoms with E-state index in [1.165, 1.54) is 10.4 Å². The Labute approximate surface area is 124 Å². The number of hydrogen-bond acceptors (Lipinski definition) is 4. The van der Waals surface area contributed by atoms with E-state index in [1.54, 1.807) is 11.3 Å². The number of rotatable bonds is 6. The summed E-state index contributed by atoms with van der Waals surface area (Å²) in [5, 5.41) is 0. The molecule has 3 nitrogen and oxygen atoms in total. The van der Waals surface area contributed by atoms with Crippen LogP contribution in [0.2, 0.25) is 0 Å². The zero-order valence-corrected chi connectivity index (χ0v) is 13.1. The van der Waals surface area contributed by atoms with Crippen LogP contribution in [0.5, 0.6) is 0 Å². The van der Waals surface area contributed by atoms with Crippen LogP contribution in [0.1, 0.15) is 34.7 Å². The van der Waals surface area contributed by atoms with Crippen molar-refractivity contribution in [1.29, 1.82) is 0 Å². The van der Waals surface area contributed by atoms with Crippen LogP contribution in [0, 0.1) is 13.8 Å². The maximum absolute atomic E-state index is 6.07. The fraction of sp³-hybridized carbons (Fsp3) is 0.438. The summed E-state index contributed by atoms with van der Waals surface area (Å²) in [6.07, 6.45) is 0.842. The van der Waals surface area contributed by atoms with Gasteiger partial charge in [0, 0.05) is 17.3 Å². The number of hydrogen-bond donors (Lipinski definition) is 1. The van der Waals surface area contributed by atoms with E-state index in [2.05, 4.69) is 36.2 Å². The van der Waals surface area contributed by atoms with Gasteiger partial charge in [0.05, 0.1) is 23.9 Å². The largest absolute Gasteiger partial charge is 0.372 e. The molecule has 20 heavy (non-hydrogen) atoms. The summed E-state index contributed by atoms with van der Waals surface area (Å²) in [5.41, 5.74) is 11.4. The summed E-state index contributed by atoms with van der Waals surface area (Å²) in [6.45, 7) is 6.78. The van der Waals surface area contributed by atoms with E-state index in [1.807, 2.05) is 19.4 Å². The highest BCUT2D eigenvalue weighted by atomic mass is 32.1. The minimum atomic E-state index is -0.0527. The van der Waals surface area contributed by atoms with Gasteiger partial charge in [-0.25, -0.2) is 4.98 Å². The molecule has 2 N–H and O–H groups in total. The van der Waals surface area contributed by atoms with Crippen LogP contribution in [0.25, 0.3) is 0 Å². The first-order chi connectivity index (χ1) is 9.58. The molecule has 2 rings (SSSR count). The quantitative estimate of drug-likeness (QED) is 0.887. The number of ether oxygens (including phenoxy) is 1. The molecule has 2 aromatic rings. The highest BCUT2D eigenvalue weighted by Gasteiger charge is 2.17. The SMILES string of the molecule is Cc1cccc(C(OCCc2scnc2C)C(C)N)c1. The number of benzene rings is 1. The molecule has 0 fully saturated rings. The van der Waals surface area contributed by atoms with Crippen molar-refractivity contribution in [3.8, 4) is 0 Å². The third-order valence-corrected chi connectivity index (χ3v) is 4.31. The lowest BCUT2D eigenvalue weighted by Gasteiger charge is -2.22. The second-order valence-corrected chi connectivity index (χ2v) is 6.11. The van der Waals surface area contributed by atoms with E-state index in [0.29, 0.717) is 6.61 Å². The molecule has 2 unspecified atom stereocenters. The van der Waals surface area contributed by atoms with E-state index in [0.717, 1.165) is 17.7 Å². The fourth-order valence-electron chi connectivity index (χ4n) is 2.24. The lowest BCUT2D eigenvalue weighted by molar-refractivity contribution is 0.0405. The van der Waals surface area contributed by atoms with Crippen LogP contribution in [0.15, 0.2) is 29.8 Å². The summed E-state index contributed by atoms with van der Waals surface area (Å²) in [7, 11) is 0. The maximum Gasteiger partial charge on any atom is 0.0973 e. The minimum Gasteiger partial charge on any atom is -0.372 e. The summed E-state index contributed by atoms with van der Waals surface area (Å²) in [6, 6.07) is 8.34. The van der Waals surface area contributed by atoms with Crippen LogP contribution in [-0.4, -0.2) is 17.6 Å². The van der Waals surface area contributed by atoms with Crippen molar-refractivity contribution < 1.29 is 4.74 Å². The molecule has 0 aliphatic heterocycles. The molecule has 0 aliphatic rings. The molecule has 2 atom stereocenters. The fourth-order valence-corrected chi connectivity index (χ4v) is 3.01. The van der Waals surface area contributed by atoms with Crippen molar-refractivity contribution in [3.05, 3.63) is 51.5 Å². The molecule has 1 heterocycles. The van der Waals surface area contributed by atoms with E-state index in [4.69, 9.17) is 10.5 Å². The Morgan fingerprint density at radius 2 is 2.15 bits per heavy atom. The van der Waals surface area contributed by atoms with Crippen LogP contribution >= 0.6 is 11.3 Å². The molecule has 0 bridgehead atoms. The Balaban J connectivity index is 1.98. The van der Waals surface area contributed by atoms with Gasteiger partial charge in [0.2, 0.25) is 0 Å². The molecule has 0 radical (unpaired) electrons. The van der Waals surface area contributed by atoms with Crippen molar-refractivity contribution in [2.75, 3.05) is 6.61 Å². The zero-order chi connectivity index (χ0) is 14.5. The van der Waals surface area contributed by atoms with Gasteiger partial charge < -0.3 is 10.5 Å². The molecular weight excluding hydrogens is 268 g/mol. The molecule has 0 saturated heterocycles. The predicted octanol–water partition coefficient (Wildman–Crippen LogP) is 3.41. The van der Waals surface area contributed by atoms with Gasteiger partial charge in [0.1, 0.15) is 0 Å². The topological polar surface area (TPSA) is 48.1 Å². The smallest absolute Gasteiger partial charge is 0.0973 e. The first-order valence-electron chi connectivity index (χ1n) is 6.90. The van der Waals surface area contributed by atoms with Gasteiger partial charge in [-0.05, 0) is 26.3 Å². The molecule has 1 aromatic heterocycles. The highest BCUT2D eigenvalue weighted by Crippen LogP contribution is 2.22. The molecule has 0 aliphatic carbocycles. The number of nitrogens with two attached hydrogens (primary N) is 1. The van der Waals surface area contributed by atoms with Gasteiger partial charge >= 0.3 is 0 Å². The van der Waals surface area contributed by atoms with E-state index >= 15 is 0 Å². The maximum atomic E-state index is 6.07. The Hall–Kier alpha value is -1.23. The Kier molecular flexibility index (Phi) is 5.29. The lowest BCUT2D eigenvalue weighted by atomic mass is 10.0. The van der Waals surface area contributed by atoms with Gasteiger partial charge in [0.15, 0.2) is 0 Å². The van der Waals surface area contributed by atoms with Crippen LogP contribution < -0.4 is 5.73 Å². The highest BCUT2D eigenvalue weighted by molar-refractivity contribution is 7.09. The summed E-state index contributed by atoms with van der Waals surface area (Å²) < 4.78 is 6.03. The molecule has 1 aromatic carbocycles. The normalized spacial score (nSPS) is 14.2. The van der Waals surface area contributed by atoms with Crippen molar-refractivity contribution in [3.63, 3.8) is 0 Å². The first kappa shape index (κ1) is 15.2. The zero-order valence-electron chi connectivity index (χ0n) is 12.3. The number of nitrogens with zero attached hydrogens (tertiary/aromatic N) is 1. The van der Waals surface area contributed by atoms with E-state index in [-0.39, 0.29) is 12.1 Å². The molecule has 0 saturated carbocycles. The van der Waals surface area contributed by atoms with Crippen molar-refractivity contribution in [1.82, 2.24) is 4.98 Å². The second kappa shape index (κ2) is 6.97. The van der Waals surface area contributed by atoms with Gasteiger partial charge in [0.25, 0.3) is 0 Å². The van der Waals surface area contributed by atoms with Crippen molar-refractivity contribution in [2.45, 2.75) is 39.3 Å². The number of aromatic nitrogens is 1. The van der Waals surface area contributed by atoms with Gasteiger partial charge in [-0.15, -0.1) is 11.3 Å². The molecule has 0 spiro atoms. The summed E-state index contributed by atoms with van der Waals surface area (Å²) in [5.74, 6) is 0. The van der Waals surface area contributed by atoms with Crippen LogP contribution in [0.4, 0.5) is 0 Å². The van der Waals surface area contributed by atoms with E-state index in [9.17, 15) is 0 Å². The van der Waals surface area contributed by atoms with Gasteiger partial charge in [-0.2, -0.15) is 0 Å². The first-order valence-corrected chi connectivity index (χ1v) is 7.78. The van der Waals surface area contributed by atoms with Crippen LogP contribution in [0.3, 0.4) is 0 Å². The Morgan fingerprint density at radius 1 is 1.35 bits per heavy atom. The Bertz CT molecular complexity index is 551. The molecular formula is C16H22N2OS. The average molecular weight is 290 g/mol. The third kappa shape index (κ3) is 3.88. The lowest BCUT2D eigenvalue weighted by Crippen LogP contribution is -2.27. The minimum absolute atomic E-state index is 0.0284. The number of thiazole rings is 1.